The maximum atomic E-state index is 11.4. The Morgan fingerprint density at radius 3 is 2.50 bits per heavy atom. The van der Waals surface area contributed by atoms with Crippen LogP contribution in [0.15, 0.2) is 30.3 Å². The monoisotopic (exact) mass is 252 g/mol. The fraction of sp³-hybridized carbons (Fsp3) is 0.333. The maximum absolute atomic E-state index is 11.4. The number of nitrogens with zero attached hydrogens (tertiary/aromatic N) is 1. The Kier molecular flexibility index (Phi) is 5.50. The SMILES string of the molecule is CCOC(=O)N(C)NC(=O)OCc1ccccc1. The standard InChI is InChI=1S/C12H16N2O4/c1-3-17-12(16)14(2)13-11(15)18-9-10-7-5-4-6-8-10/h4-8H,3,9H2,1-2H3,(H,13,15). The Bertz CT molecular complexity index is 394. The Hall–Kier alpha value is -2.24. The number of carbonyl (C=O) groups excluding carboxylic acids is 2. The van der Waals surface area contributed by atoms with Crippen LogP contribution in [-0.2, 0) is 16.1 Å². The summed E-state index contributed by atoms with van der Waals surface area (Å²) in [6.07, 6.45) is -1.36. The van der Waals surface area contributed by atoms with Crippen LogP contribution in [0.3, 0.4) is 0 Å². The zero-order valence-electron chi connectivity index (χ0n) is 10.4. The molecule has 0 saturated carbocycles. The molecule has 0 atom stereocenters. The molecule has 6 nitrogen and oxygen atoms in total. The molecule has 0 aliphatic carbocycles. The van der Waals surface area contributed by atoms with E-state index in [1.807, 2.05) is 30.3 Å². The molecule has 0 bridgehead atoms. The van der Waals surface area contributed by atoms with Crippen molar-refractivity contribution in [3.63, 3.8) is 0 Å². The summed E-state index contributed by atoms with van der Waals surface area (Å²) in [5.41, 5.74) is 3.10. The summed E-state index contributed by atoms with van der Waals surface area (Å²) in [4.78, 5) is 22.5. The second-order valence-corrected chi connectivity index (χ2v) is 3.43. The smallest absolute Gasteiger partial charge is 0.428 e. The van der Waals surface area contributed by atoms with E-state index in [2.05, 4.69) is 10.2 Å². The Balaban J connectivity index is 2.31. The number of hydrogen-bond acceptors (Lipinski definition) is 4. The van der Waals surface area contributed by atoms with E-state index in [0.29, 0.717) is 0 Å². The lowest BCUT2D eigenvalue weighted by atomic mass is 10.2. The molecule has 18 heavy (non-hydrogen) atoms. The first-order valence-corrected chi connectivity index (χ1v) is 5.51. The third-order valence-electron chi connectivity index (χ3n) is 2.01. The van der Waals surface area contributed by atoms with E-state index in [1.54, 1.807) is 6.92 Å². The molecule has 0 aliphatic rings. The Morgan fingerprint density at radius 1 is 1.22 bits per heavy atom. The zero-order valence-corrected chi connectivity index (χ0v) is 10.4. The van der Waals surface area contributed by atoms with Crippen molar-refractivity contribution in [2.24, 2.45) is 0 Å². The first-order chi connectivity index (χ1) is 8.63. The molecule has 1 aromatic rings. The van der Waals surface area contributed by atoms with Crippen LogP contribution in [0.25, 0.3) is 0 Å². The highest BCUT2D eigenvalue weighted by atomic mass is 16.6. The van der Waals surface area contributed by atoms with Gasteiger partial charge in [-0.05, 0) is 12.5 Å². The van der Waals surface area contributed by atoms with Gasteiger partial charge in [-0.1, -0.05) is 30.3 Å². The van der Waals surface area contributed by atoms with E-state index in [4.69, 9.17) is 4.74 Å². The van der Waals surface area contributed by atoms with Gasteiger partial charge in [0.25, 0.3) is 0 Å². The van der Waals surface area contributed by atoms with Gasteiger partial charge in [0.1, 0.15) is 6.61 Å². The minimum absolute atomic E-state index is 0.142. The fourth-order valence-electron chi connectivity index (χ4n) is 1.16. The fourth-order valence-corrected chi connectivity index (χ4v) is 1.16. The van der Waals surface area contributed by atoms with Crippen LogP contribution in [-0.4, -0.2) is 30.8 Å². The molecule has 0 aliphatic heterocycles. The predicted octanol–water partition coefficient (Wildman–Crippen LogP) is 1.92. The van der Waals surface area contributed by atoms with Gasteiger partial charge in [0.15, 0.2) is 0 Å². The third kappa shape index (κ3) is 4.73. The average molecular weight is 252 g/mol. The quantitative estimate of drug-likeness (QED) is 0.834. The van der Waals surface area contributed by atoms with E-state index < -0.39 is 12.2 Å². The summed E-state index contributed by atoms with van der Waals surface area (Å²) in [6.45, 7) is 2.06. The summed E-state index contributed by atoms with van der Waals surface area (Å²) >= 11 is 0. The van der Waals surface area contributed by atoms with Crippen molar-refractivity contribution >= 4 is 12.2 Å². The van der Waals surface area contributed by atoms with Crippen molar-refractivity contribution in [3.8, 4) is 0 Å². The lowest BCUT2D eigenvalue weighted by Gasteiger charge is -2.17. The molecule has 1 rings (SSSR count). The van der Waals surface area contributed by atoms with E-state index in [1.165, 1.54) is 7.05 Å². The van der Waals surface area contributed by atoms with E-state index >= 15 is 0 Å². The van der Waals surface area contributed by atoms with Crippen LogP contribution < -0.4 is 5.43 Å². The topological polar surface area (TPSA) is 67.9 Å². The third-order valence-corrected chi connectivity index (χ3v) is 2.01. The minimum Gasteiger partial charge on any atom is -0.449 e. The number of hydrogen-bond donors (Lipinski definition) is 1. The molecule has 1 aromatic carbocycles. The van der Waals surface area contributed by atoms with Gasteiger partial charge < -0.3 is 9.47 Å². The van der Waals surface area contributed by atoms with Gasteiger partial charge in [0.2, 0.25) is 0 Å². The van der Waals surface area contributed by atoms with E-state index in [9.17, 15) is 9.59 Å². The minimum atomic E-state index is -0.714. The first kappa shape index (κ1) is 13.8. The van der Waals surface area contributed by atoms with Crippen molar-refractivity contribution in [1.29, 1.82) is 0 Å². The van der Waals surface area contributed by atoms with Gasteiger partial charge in [-0.25, -0.2) is 20.0 Å². The number of hydrazine groups is 1. The number of nitrogens with one attached hydrogen (secondary N) is 1. The summed E-state index contributed by atoms with van der Waals surface area (Å²) in [6, 6.07) is 9.24. The van der Waals surface area contributed by atoms with Crippen molar-refractivity contribution in [1.82, 2.24) is 10.4 Å². The second-order valence-electron chi connectivity index (χ2n) is 3.43. The molecular weight excluding hydrogens is 236 g/mol. The molecule has 0 spiro atoms. The van der Waals surface area contributed by atoms with E-state index in [-0.39, 0.29) is 13.2 Å². The molecular formula is C12H16N2O4. The Labute approximate surface area is 105 Å². The first-order valence-electron chi connectivity index (χ1n) is 5.51. The summed E-state index contributed by atoms with van der Waals surface area (Å²) in [7, 11) is 1.38. The van der Waals surface area contributed by atoms with Crippen LogP contribution in [0, 0.1) is 0 Å². The van der Waals surface area contributed by atoms with Crippen LogP contribution in [0.5, 0.6) is 0 Å². The molecule has 0 heterocycles. The second kappa shape index (κ2) is 7.16. The van der Waals surface area contributed by atoms with Gasteiger partial charge >= 0.3 is 12.2 Å². The molecule has 6 heteroatoms. The highest BCUT2D eigenvalue weighted by Gasteiger charge is 2.12. The van der Waals surface area contributed by atoms with E-state index in [0.717, 1.165) is 10.6 Å². The summed E-state index contributed by atoms with van der Waals surface area (Å²) in [5, 5.41) is 0.927. The highest BCUT2D eigenvalue weighted by molar-refractivity contribution is 5.73. The van der Waals surface area contributed by atoms with Crippen molar-refractivity contribution < 1.29 is 19.1 Å². The molecule has 0 saturated heterocycles. The molecule has 0 fully saturated rings. The largest absolute Gasteiger partial charge is 0.449 e. The van der Waals surface area contributed by atoms with Gasteiger partial charge in [-0.15, -0.1) is 0 Å². The lowest BCUT2D eigenvalue weighted by molar-refractivity contribution is 0.0810. The van der Waals surface area contributed by atoms with Crippen LogP contribution in [0.2, 0.25) is 0 Å². The van der Waals surface area contributed by atoms with Gasteiger partial charge in [0.05, 0.1) is 6.61 Å². The lowest BCUT2D eigenvalue weighted by Crippen LogP contribution is -2.43. The molecule has 98 valence electrons. The normalized spacial score (nSPS) is 9.44. The van der Waals surface area contributed by atoms with Gasteiger partial charge in [-0.2, -0.15) is 0 Å². The predicted molar refractivity (Wildman–Crippen MR) is 64.5 cm³/mol. The Morgan fingerprint density at radius 2 is 1.89 bits per heavy atom. The highest BCUT2D eigenvalue weighted by Crippen LogP contribution is 2.00. The van der Waals surface area contributed by atoms with Crippen molar-refractivity contribution in [3.05, 3.63) is 35.9 Å². The van der Waals surface area contributed by atoms with Crippen molar-refractivity contribution in [2.75, 3.05) is 13.7 Å². The zero-order chi connectivity index (χ0) is 13.4. The molecule has 0 radical (unpaired) electrons. The number of benzene rings is 1. The molecule has 0 unspecified atom stereocenters. The van der Waals surface area contributed by atoms with Gasteiger partial charge in [-0.3, -0.25) is 0 Å². The van der Waals surface area contributed by atoms with Crippen LogP contribution >= 0.6 is 0 Å². The number of amides is 2. The van der Waals surface area contributed by atoms with Crippen molar-refractivity contribution in [2.45, 2.75) is 13.5 Å². The van der Waals surface area contributed by atoms with Crippen LogP contribution in [0.4, 0.5) is 9.59 Å². The summed E-state index contributed by atoms with van der Waals surface area (Å²) < 4.78 is 9.61. The molecule has 1 N–H and O–H groups in total. The van der Waals surface area contributed by atoms with Gasteiger partial charge in [0, 0.05) is 7.05 Å². The maximum Gasteiger partial charge on any atom is 0.428 e. The average Bonchev–Trinajstić information content (AvgIpc) is 2.38. The van der Waals surface area contributed by atoms with Crippen LogP contribution in [0.1, 0.15) is 12.5 Å². The summed E-state index contributed by atoms with van der Waals surface area (Å²) in [5.74, 6) is 0. The number of ether oxygens (including phenoxy) is 2. The molecule has 0 aromatic heterocycles. The number of carbonyl (C=O) groups is 2. The number of rotatable bonds is 3. The molecule has 2 amide bonds.